The molecule has 0 aliphatic carbocycles. The number of fused-ring (bicyclic) bond motifs is 1. The third kappa shape index (κ3) is 4.57. The van der Waals surface area contributed by atoms with Gasteiger partial charge in [-0.15, -0.1) is 0 Å². The van der Waals surface area contributed by atoms with E-state index >= 15 is 0 Å². The fraction of sp³-hybridized carbons (Fsp3) is 0.316. The smallest absolute Gasteiger partial charge is 0.262 e. The van der Waals surface area contributed by atoms with Crippen molar-refractivity contribution in [2.45, 2.75) is 19.8 Å². The number of aryl methyl sites for hydroxylation is 1. The summed E-state index contributed by atoms with van der Waals surface area (Å²) >= 11 is 6.22. The van der Waals surface area contributed by atoms with Crippen LogP contribution in [0.4, 0.5) is 5.69 Å². The van der Waals surface area contributed by atoms with Crippen LogP contribution >= 0.6 is 11.6 Å². The average Bonchev–Trinajstić information content (AvgIpc) is 2.85. The second kappa shape index (κ2) is 8.12. The first kappa shape index (κ1) is 17.4. The van der Waals surface area contributed by atoms with E-state index in [9.17, 15) is 4.79 Å². The zero-order valence-electron chi connectivity index (χ0n) is 14.0. The van der Waals surface area contributed by atoms with Gasteiger partial charge in [0.1, 0.15) is 5.75 Å². The van der Waals surface area contributed by atoms with Crippen LogP contribution in [-0.4, -0.2) is 25.7 Å². The quantitative estimate of drug-likeness (QED) is 0.871. The van der Waals surface area contributed by atoms with Crippen molar-refractivity contribution in [1.29, 1.82) is 0 Å². The van der Waals surface area contributed by atoms with Gasteiger partial charge >= 0.3 is 0 Å². The second-order valence-electron chi connectivity index (χ2n) is 5.66. The standard InChI is InChI=1S/C19H20ClNO4/c1-2-13-4-6-14(7-5-13)25-12-19(22)21-16-11-18-17(10-15(16)20)23-8-3-9-24-18/h4-7,10-11H,2-3,8-9,12H2,1H3,(H,21,22). The minimum atomic E-state index is -0.295. The monoisotopic (exact) mass is 361 g/mol. The van der Waals surface area contributed by atoms with Gasteiger partial charge in [0, 0.05) is 18.6 Å². The number of hydrogen-bond acceptors (Lipinski definition) is 4. The predicted octanol–water partition coefficient (Wildman–Crippen LogP) is 4.08. The zero-order chi connectivity index (χ0) is 17.6. The van der Waals surface area contributed by atoms with E-state index in [1.165, 1.54) is 5.56 Å². The number of anilines is 1. The average molecular weight is 362 g/mol. The molecule has 0 saturated heterocycles. The zero-order valence-corrected chi connectivity index (χ0v) is 14.8. The first-order valence-electron chi connectivity index (χ1n) is 8.26. The van der Waals surface area contributed by atoms with Crippen molar-refractivity contribution in [3.05, 3.63) is 47.0 Å². The molecule has 2 aromatic rings. The van der Waals surface area contributed by atoms with Crippen molar-refractivity contribution >= 4 is 23.2 Å². The molecule has 0 aromatic heterocycles. The molecule has 1 aliphatic heterocycles. The Morgan fingerprint density at radius 3 is 2.52 bits per heavy atom. The lowest BCUT2D eigenvalue weighted by atomic mass is 10.2. The summed E-state index contributed by atoms with van der Waals surface area (Å²) in [6.07, 6.45) is 1.77. The van der Waals surface area contributed by atoms with Gasteiger partial charge < -0.3 is 19.5 Å². The van der Waals surface area contributed by atoms with Crippen LogP contribution in [0, 0.1) is 0 Å². The number of carbonyl (C=O) groups is 1. The minimum Gasteiger partial charge on any atom is -0.490 e. The molecule has 0 fully saturated rings. The molecule has 0 radical (unpaired) electrons. The van der Waals surface area contributed by atoms with Crippen molar-refractivity contribution in [2.75, 3.05) is 25.1 Å². The maximum absolute atomic E-state index is 12.1. The van der Waals surface area contributed by atoms with Crippen molar-refractivity contribution < 1.29 is 19.0 Å². The fourth-order valence-corrected chi connectivity index (χ4v) is 2.64. The molecule has 1 aliphatic rings. The van der Waals surface area contributed by atoms with Gasteiger partial charge in [-0.3, -0.25) is 4.79 Å². The Bertz CT molecular complexity index is 746. The van der Waals surface area contributed by atoms with Gasteiger partial charge in [0.2, 0.25) is 0 Å². The van der Waals surface area contributed by atoms with Crippen molar-refractivity contribution in [3.63, 3.8) is 0 Å². The van der Waals surface area contributed by atoms with Gasteiger partial charge in [-0.25, -0.2) is 0 Å². The Hall–Kier alpha value is -2.40. The summed E-state index contributed by atoms with van der Waals surface area (Å²) < 4.78 is 16.7. The van der Waals surface area contributed by atoms with E-state index < -0.39 is 0 Å². The highest BCUT2D eigenvalue weighted by atomic mass is 35.5. The molecule has 25 heavy (non-hydrogen) atoms. The number of rotatable bonds is 5. The third-order valence-electron chi connectivity index (χ3n) is 3.81. The van der Waals surface area contributed by atoms with Crippen LogP contribution in [0.2, 0.25) is 5.02 Å². The predicted molar refractivity (Wildman–Crippen MR) is 97.0 cm³/mol. The van der Waals surface area contributed by atoms with Gasteiger partial charge in [0.05, 0.1) is 23.9 Å². The molecule has 1 heterocycles. The maximum atomic E-state index is 12.1. The Morgan fingerprint density at radius 1 is 1.16 bits per heavy atom. The molecule has 0 bridgehead atoms. The summed E-state index contributed by atoms with van der Waals surface area (Å²) in [5.41, 5.74) is 1.69. The lowest BCUT2D eigenvalue weighted by Crippen LogP contribution is -2.20. The van der Waals surface area contributed by atoms with Crippen molar-refractivity contribution in [3.8, 4) is 17.2 Å². The second-order valence-corrected chi connectivity index (χ2v) is 6.07. The summed E-state index contributed by atoms with van der Waals surface area (Å²) in [4.78, 5) is 12.1. The fourth-order valence-electron chi connectivity index (χ4n) is 2.44. The van der Waals surface area contributed by atoms with Crippen LogP contribution in [-0.2, 0) is 11.2 Å². The Labute approximate surface area is 151 Å². The van der Waals surface area contributed by atoms with Crippen molar-refractivity contribution in [1.82, 2.24) is 0 Å². The van der Waals surface area contributed by atoms with Gasteiger partial charge in [0.15, 0.2) is 18.1 Å². The molecule has 0 spiro atoms. The van der Waals surface area contributed by atoms with Crippen LogP contribution in [0.15, 0.2) is 36.4 Å². The molecule has 6 heteroatoms. The van der Waals surface area contributed by atoms with E-state index in [1.54, 1.807) is 12.1 Å². The molecule has 5 nitrogen and oxygen atoms in total. The number of amides is 1. The number of carbonyl (C=O) groups excluding carboxylic acids is 1. The Balaban J connectivity index is 1.61. The highest BCUT2D eigenvalue weighted by Gasteiger charge is 2.15. The molecule has 0 unspecified atom stereocenters. The van der Waals surface area contributed by atoms with Gasteiger partial charge in [-0.1, -0.05) is 30.7 Å². The number of ether oxygens (including phenoxy) is 3. The molecule has 3 rings (SSSR count). The van der Waals surface area contributed by atoms with Gasteiger partial charge in [-0.05, 0) is 24.1 Å². The largest absolute Gasteiger partial charge is 0.490 e. The van der Waals surface area contributed by atoms with E-state index in [0.29, 0.717) is 41.2 Å². The van der Waals surface area contributed by atoms with E-state index in [-0.39, 0.29) is 12.5 Å². The lowest BCUT2D eigenvalue weighted by molar-refractivity contribution is -0.118. The lowest BCUT2D eigenvalue weighted by Gasteiger charge is -2.13. The number of halogens is 1. The van der Waals surface area contributed by atoms with Gasteiger partial charge in [0.25, 0.3) is 5.91 Å². The summed E-state index contributed by atoms with van der Waals surface area (Å²) in [5, 5.41) is 3.14. The normalized spacial score (nSPS) is 13.0. The molecular formula is C19H20ClNO4. The highest BCUT2D eigenvalue weighted by molar-refractivity contribution is 6.34. The first-order chi connectivity index (χ1) is 12.2. The Kier molecular flexibility index (Phi) is 5.66. The van der Waals surface area contributed by atoms with Crippen LogP contribution in [0.3, 0.4) is 0 Å². The first-order valence-corrected chi connectivity index (χ1v) is 8.64. The Morgan fingerprint density at radius 2 is 1.84 bits per heavy atom. The molecule has 0 atom stereocenters. The van der Waals surface area contributed by atoms with Crippen LogP contribution < -0.4 is 19.5 Å². The van der Waals surface area contributed by atoms with Crippen LogP contribution in [0.5, 0.6) is 17.2 Å². The van der Waals surface area contributed by atoms with E-state index in [0.717, 1.165) is 12.8 Å². The highest BCUT2D eigenvalue weighted by Crippen LogP contribution is 2.37. The maximum Gasteiger partial charge on any atom is 0.262 e. The van der Waals surface area contributed by atoms with Crippen molar-refractivity contribution in [2.24, 2.45) is 0 Å². The van der Waals surface area contributed by atoms with E-state index in [1.807, 2.05) is 24.3 Å². The minimum absolute atomic E-state index is 0.101. The van der Waals surface area contributed by atoms with E-state index in [4.69, 9.17) is 25.8 Å². The molecule has 132 valence electrons. The van der Waals surface area contributed by atoms with E-state index in [2.05, 4.69) is 12.2 Å². The molecular weight excluding hydrogens is 342 g/mol. The molecule has 1 amide bonds. The van der Waals surface area contributed by atoms with Crippen LogP contribution in [0.1, 0.15) is 18.9 Å². The summed E-state index contributed by atoms with van der Waals surface area (Å²) in [7, 11) is 0. The molecule has 2 aromatic carbocycles. The third-order valence-corrected chi connectivity index (χ3v) is 4.13. The summed E-state index contributed by atoms with van der Waals surface area (Å²) in [6, 6.07) is 11.0. The molecule has 1 N–H and O–H groups in total. The topological polar surface area (TPSA) is 56.8 Å². The number of nitrogens with one attached hydrogen (secondary N) is 1. The number of hydrogen-bond donors (Lipinski definition) is 1. The number of benzene rings is 2. The summed E-state index contributed by atoms with van der Waals surface area (Å²) in [6.45, 7) is 3.14. The molecule has 0 saturated carbocycles. The SMILES string of the molecule is CCc1ccc(OCC(=O)Nc2cc3c(cc2Cl)OCCCO3)cc1. The van der Waals surface area contributed by atoms with Crippen LogP contribution in [0.25, 0.3) is 0 Å². The van der Waals surface area contributed by atoms with Gasteiger partial charge in [-0.2, -0.15) is 0 Å². The summed E-state index contributed by atoms with van der Waals surface area (Å²) in [5.74, 6) is 1.52.